The van der Waals surface area contributed by atoms with Crippen LogP contribution >= 0.6 is 23.1 Å². The van der Waals surface area contributed by atoms with E-state index in [1.54, 1.807) is 6.20 Å². The number of hydrogen-bond acceptors (Lipinski definition) is 7. The number of aromatic nitrogens is 4. The summed E-state index contributed by atoms with van der Waals surface area (Å²) in [5, 5.41) is 14.4. The Bertz CT molecular complexity index is 920. The van der Waals surface area contributed by atoms with Gasteiger partial charge >= 0.3 is 0 Å². The Hall–Kier alpha value is -2.39. The Morgan fingerprint density at radius 1 is 1.29 bits per heavy atom. The largest absolute Gasteiger partial charge is 0.483 e. The lowest BCUT2D eigenvalue weighted by atomic mass is 10.1. The normalized spacial score (nSPS) is 12.0. The Kier molecular flexibility index (Phi) is 6.69. The van der Waals surface area contributed by atoms with Crippen molar-refractivity contribution in [3.05, 3.63) is 46.7 Å². The molecule has 7 nitrogen and oxygen atoms in total. The summed E-state index contributed by atoms with van der Waals surface area (Å²) in [6.07, 6.45) is 1.40. The molecule has 0 aliphatic heterocycles. The number of aryl methyl sites for hydroxylation is 2. The predicted octanol–water partition coefficient (Wildman–Crippen LogP) is 4.24. The second-order valence-electron chi connectivity index (χ2n) is 6.34. The molecular formula is C19H23N5O2S2. The van der Waals surface area contributed by atoms with Crippen molar-refractivity contribution in [3.8, 4) is 5.75 Å². The van der Waals surface area contributed by atoms with E-state index in [2.05, 4.69) is 26.6 Å². The molecule has 1 unspecified atom stereocenters. The summed E-state index contributed by atoms with van der Waals surface area (Å²) in [6, 6.07) is 6.13. The molecule has 0 spiro atoms. The summed E-state index contributed by atoms with van der Waals surface area (Å²) in [6.45, 7) is 8.77. The second-order valence-corrected chi connectivity index (χ2v) is 8.18. The zero-order valence-corrected chi connectivity index (χ0v) is 17.9. The van der Waals surface area contributed by atoms with Gasteiger partial charge in [0.15, 0.2) is 22.2 Å². The highest BCUT2D eigenvalue weighted by Gasteiger charge is 2.19. The summed E-state index contributed by atoms with van der Waals surface area (Å²) < 4.78 is 8.08. The third-order valence-corrected chi connectivity index (χ3v) is 5.60. The molecule has 3 rings (SSSR count). The van der Waals surface area contributed by atoms with Crippen molar-refractivity contribution in [1.82, 2.24) is 19.7 Å². The summed E-state index contributed by atoms with van der Waals surface area (Å²) in [4.78, 5) is 16.1. The Balaban J connectivity index is 1.66. The number of rotatable bonds is 8. The molecule has 0 aliphatic carbocycles. The van der Waals surface area contributed by atoms with Crippen molar-refractivity contribution in [1.29, 1.82) is 0 Å². The van der Waals surface area contributed by atoms with Crippen molar-refractivity contribution in [2.75, 3.05) is 11.1 Å². The van der Waals surface area contributed by atoms with Crippen LogP contribution in [0.5, 0.6) is 5.75 Å². The summed E-state index contributed by atoms with van der Waals surface area (Å²) >= 11 is 2.74. The molecule has 0 fully saturated rings. The molecule has 9 heteroatoms. The van der Waals surface area contributed by atoms with E-state index in [0.717, 1.165) is 22.7 Å². The molecule has 1 amide bonds. The SMILES string of the molecule is CCn1c(SCC(=O)Nc2nccs2)nnc1C(C)Oc1cc(C)cc(C)c1. The Morgan fingerprint density at radius 2 is 2.04 bits per heavy atom. The third kappa shape index (κ3) is 5.11. The van der Waals surface area contributed by atoms with Crippen molar-refractivity contribution in [3.63, 3.8) is 0 Å². The number of nitrogens with zero attached hydrogens (tertiary/aromatic N) is 4. The van der Waals surface area contributed by atoms with Crippen LogP contribution in [0.15, 0.2) is 34.9 Å². The van der Waals surface area contributed by atoms with Crippen LogP contribution in [0.1, 0.15) is 36.9 Å². The van der Waals surface area contributed by atoms with E-state index >= 15 is 0 Å². The van der Waals surface area contributed by atoms with Gasteiger partial charge in [-0.3, -0.25) is 4.79 Å². The number of nitrogens with one attached hydrogen (secondary N) is 1. The zero-order valence-electron chi connectivity index (χ0n) is 16.3. The van der Waals surface area contributed by atoms with Crippen LogP contribution in [0, 0.1) is 13.8 Å². The maximum Gasteiger partial charge on any atom is 0.236 e. The number of carbonyl (C=O) groups excluding carboxylic acids is 1. The number of benzene rings is 1. The quantitative estimate of drug-likeness (QED) is 0.552. The first-order chi connectivity index (χ1) is 13.5. The van der Waals surface area contributed by atoms with E-state index in [1.807, 2.05) is 49.8 Å². The molecule has 3 aromatic rings. The van der Waals surface area contributed by atoms with Crippen molar-refractivity contribution >= 4 is 34.1 Å². The van der Waals surface area contributed by atoms with Crippen LogP contribution in [0.25, 0.3) is 0 Å². The molecule has 2 aromatic heterocycles. The van der Waals surface area contributed by atoms with E-state index in [9.17, 15) is 4.79 Å². The summed E-state index contributed by atoms with van der Waals surface area (Å²) in [5.74, 6) is 1.67. The van der Waals surface area contributed by atoms with Gasteiger partial charge in [0.25, 0.3) is 0 Å². The van der Waals surface area contributed by atoms with Gasteiger partial charge in [-0.05, 0) is 51.0 Å². The van der Waals surface area contributed by atoms with E-state index in [1.165, 1.54) is 23.1 Å². The van der Waals surface area contributed by atoms with Gasteiger partial charge in [0.1, 0.15) is 5.75 Å². The average Bonchev–Trinajstić information content (AvgIpc) is 3.28. The van der Waals surface area contributed by atoms with E-state index in [4.69, 9.17) is 4.74 Å². The number of hydrogen-bond donors (Lipinski definition) is 1. The highest BCUT2D eigenvalue weighted by molar-refractivity contribution is 7.99. The summed E-state index contributed by atoms with van der Waals surface area (Å²) in [7, 11) is 0. The molecule has 2 heterocycles. The van der Waals surface area contributed by atoms with Crippen molar-refractivity contribution in [2.24, 2.45) is 0 Å². The Labute approximate surface area is 172 Å². The maximum absolute atomic E-state index is 12.1. The topological polar surface area (TPSA) is 81.9 Å². The molecule has 0 aliphatic rings. The standard InChI is InChI=1S/C19H23N5O2S2/c1-5-24-17(14(4)26-15-9-12(2)8-13(3)10-15)22-23-19(24)28-11-16(25)21-18-20-6-7-27-18/h6-10,14H,5,11H2,1-4H3,(H,20,21,25). The molecule has 0 bridgehead atoms. The Morgan fingerprint density at radius 3 is 2.68 bits per heavy atom. The first kappa shape index (κ1) is 20.3. The number of thioether (sulfide) groups is 1. The number of anilines is 1. The fourth-order valence-electron chi connectivity index (χ4n) is 2.83. The minimum Gasteiger partial charge on any atom is -0.483 e. The van der Waals surface area contributed by atoms with Crippen LogP contribution in [0.3, 0.4) is 0 Å². The van der Waals surface area contributed by atoms with Crippen LogP contribution in [-0.2, 0) is 11.3 Å². The van der Waals surface area contributed by atoms with Gasteiger partial charge in [-0.15, -0.1) is 21.5 Å². The lowest BCUT2D eigenvalue weighted by Gasteiger charge is -2.16. The first-order valence-corrected chi connectivity index (χ1v) is 10.8. The first-order valence-electron chi connectivity index (χ1n) is 8.96. The lowest BCUT2D eigenvalue weighted by molar-refractivity contribution is -0.113. The predicted molar refractivity (Wildman–Crippen MR) is 112 cm³/mol. The van der Waals surface area contributed by atoms with Gasteiger partial charge in [0.2, 0.25) is 5.91 Å². The van der Waals surface area contributed by atoms with Crippen LogP contribution in [-0.4, -0.2) is 31.4 Å². The zero-order chi connectivity index (χ0) is 20.1. The van der Waals surface area contributed by atoms with Gasteiger partial charge < -0.3 is 14.6 Å². The van der Waals surface area contributed by atoms with Crippen LogP contribution < -0.4 is 10.1 Å². The summed E-state index contributed by atoms with van der Waals surface area (Å²) in [5.41, 5.74) is 2.31. The maximum atomic E-state index is 12.1. The smallest absolute Gasteiger partial charge is 0.236 e. The third-order valence-electron chi connectivity index (χ3n) is 3.94. The molecule has 0 saturated carbocycles. The second kappa shape index (κ2) is 9.20. The minimum atomic E-state index is -0.257. The number of ether oxygens (including phenoxy) is 1. The fourth-order valence-corrected chi connectivity index (χ4v) is 4.19. The van der Waals surface area contributed by atoms with Crippen LogP contribution in [0.4, 0.5) is 5.13 Å². The van der Waals surface area contributed by atoms with Crippen LogP contribution in [0.2, 0.25) is 0 Å². The molecule has 0 saturated heterocycles. The number of amides is 1. The van der Waals surface area contributed by atoms with Crippen molar-refractivity contribution < 1.29 is 9.53 Å². The van der Waals surface area contributed by atoms with Crippen molar-refractivity contribution in [2.45, 2.75) is 45.5 Å². The number of thiazole rings is 1. The fraction of sp³-hybridized carbons (Fsp3) is 0.368. The molecule has 1 atom stereocenters. The molecule has 1 N–H and O–H groups in total. The van der Waals surface area contributed by atoms with Gasteiger partial charge in [0, 0.05) is 18.1 Å². The highest BCUT2D eigenvalue weighted by Crippen LogP contribution is 2.26. The van der Waals surface area contributed by atoms with E-state index in [-0.39, 0.29) is 17.8 Å². The minimum absolute atomic E-state index is 0.119. The molecule has 28 heavy (non-hydrogen) atoms. The van der Waals surface area contributed by atoms with E-state index in [0.29, 0.717) is 16.8 Å². The average molecular weight is 418 g/mol. The number of carbonyl (C=O) groups is 1. The molecule has 0 radical (unpaired) electrons. The molecular weight excluding hydrogens is 394 g/mol. The van der Waals surface area contributed by atoms with Gasteiger partial charge in [0.05, 0.1) is 5.75 Å². The highest BCUT2D eigenvalue weighted by atomic mass is 32.2. The van der Waals surface area contributed by atoms with E-state index < -0.39 is 0 Å². The van der Waals surface area contributed by atoms with Gasteiger partial charge in [-0.2, -0.15) is 0 Å². The lowest BCUT2D eigenvalue weighted by Crippen LogP contribution is -2.15. The van der Waals surface area contributed by atoms with Gasteiger partial charge in [-0.25, -0.2) is 4.98 Å². The monoisotopic (exact) mass is 417 g/mol. The molecule has 148 valence electrons. The molecule has 1 aromatic carbocycles. The van der Waals surface area contributed by atoms with Gasteiger partial charge in [-0.1, -0.05) is 17.8 Å².